The van der Waals surface area contributed by atoms with Gasteiger partial charge in [-0.1, -0.05) is 18.2 Å². The number of nitrogens with one attached hydrogen (secondary N) is 1. The number of carbonyl (C=O) groups is 1. The molecule has 9 heteroatoms. The molecule has 0 radical (unpaired) electrons. The quantitative estimate of drug-likeness (QED) is 0.579. The summed E-state index contributed by atoms with van der Waals surface area (Å²) < 4.78 is 52.0. The van der Waals surface area contributed by atoms with E-state index in [2.05, 4.69) is 4.72 Å². The van der Waals surface area contributed by atoms with Gasteiger partial charge in [0.25, 0.3) is 5.91 Å². The molecule has 1 N–H and O–H groups in total. The Kier molecular flexibility index (Phi) is 7.06. The molecule has 2 aromatic carbocycles. The van der Waals surface area contributed by atoms with Crippen molar-refractivity contribution in [3.63, 3.8) is 0 Å². The fraction of sp³-hybridized carbons (Fsp3) is 0.381. The van der Waals surface area contributed by atoms with Gasteiger partial charge in [0.15, 0.2) is 0 Å². The van der Waals surface area contributed by atoms with E-state index in [0.29, 0.717) is 5.56 Å². The van der Waals surface area contributed by atoms with Gasteiger partial charge in [0.1, 0.15) is 16.5 Å². The first-order valence-corrected chi connectivity index (χ1v) is 11.1. The van der Waals surface area contributed by atoms with Crippen LogP contribution in [0.25, 0.3) is 0 Å². The Morgan fingerprint density at radius 3 is 2.57 bits per heavy atom. The summed E-state index contributed by atoms with van der Waals surface area (Å²) in [6.07, 6.45) is 1.67. The maximum Gasteiger partial charge on any atom is 0.254 e. The molecule has 1 aliphatic carbocycles. The number of halogens is 1. The Balaban J connectivity index is 1.90. The van der Waals surface area contributed by atoms with E-state index in [1.807, 2.05) is 0 Å². The van der Waals surface area contributed by atoms with Crippen LogP contribution in [0.4, 0.5) is 4.39 Å². The van der Waals surface area contributed by atoms with Crippen molar-refractivity contribution in [3.8, 4) is 5.75 Å². The minimum atomic E-state index is -3.91. The molecule has 0 saturated heterocycles. The van der Waals surface area contributed by atoms with Crippen LogP contribution < -0.4 is 9.46 Å². The molecule has 1 fully saturated rings. The number of hydrogen-bond acceptors (Lipinski definition) is 5. The lowest BCUT2D eigenvalue weighted by Gasteiger charge is -2.23. The fourth-order valence-corrected chi connectivity index (χ4v) is 4.31. The monoisotopic (exact) mass is 436 g/mol. The number of benzene rings is 2. The number of hydrogen-bond donors (Lipinski definition) is 1. The normalized spacial score (nSPS) is 13.8. The lowest BCUT2D eigenvalue weighted by atomic mass is 10.1. The first-order valence-electron chi connectivity index (χ1n) is 9.58. The van der Waals surface area contributed by atoms with E-state index in [-0.39, 0.29) is 53.7 Å². The highest BCUT2D eigenvalue weighted by Crippen LogP contribution is 2.32. The van der Waals surface area contributed by atoms with Gasteiger partial charge in [0, 0.05) is 37.4 Å². The minimum Gasteiger partial charge on any atom is -0.495 e. The number of sulfonamides is 1. The van der Waals surface area contributed by atoms with Crippen LogP contribution in [0.5, 0.6) is 5.75 Å². The van der Waals surface area contributed by atoms with Gasteiger partial charge in [0.2, 0.25) is 10.0 Å². The van der Waals surface area contributed by atoms with Gasteiger partial charge >= 0.3 is 0 Å². The summed E-state index contributed by atoms with van der Waals surface area (Å²) in [5.74, 6) is -0.600. The molecule has 30 heavy (non-hydrogen) atoms. The van der Waals surface area contributed by atoms with E-state index >= 15 is 0 Å². The highest BCUT2D eigenvalue weighted by atomic mass is 32.2. The van der Waals surface area contributed by atoms with Crippen molar-refractivity contribution in [3.05, 3.63) is 59.4 Å². The van der Waals surface area contributed by atoms with Crippen LogP contribution in [0.15, 0.2) is 47.4 Å². The zero-order valence-electron chi connectivity index (χ0n) is 16.9. The molecule has 3 rings (SSSR count). The van der Waals surface area contributed by atoms with E-state index in [0.717, 1.165) is 12.8 Å². The van der Waals surface area contributed by atoms with Gasteiger partial charge in [-0.3, -0.25) is 4.79 Å². The van der Waals surface area contributed by atoms with Gasteiger partial charge in [-0.2, -0.15) is 0 Å². The largest absolute Gasteiger partial charge is 0.495 e. The van der Waals surface area contributed by atoms with Crippen LogP contribution in [-0.4, -0.2) is 52.6 Å². The zero-order chi connectivity index (χ0) is 21.7. The molecule has 1 aliphatic rings. The molecular formula is C21H25FN2O5S. The molecular weight excluding hydrogens is 411 g/mol. The first-order chi connectivity index (χ1) is 14.4. The van der Waals surface area contributed by atoms with Gasteiger partial charge in [0.05, 0.1) is 13.7 Å². The predicted molar refractivity (Wildman–Crippen MR) is 109 cm³/mol. The smallest absolute Gasteiger partial charge is 0.254 e. The standard InChI is InChI=1S/C21H25FN2O5S/c1-28-12-11-23-30(26,27)20-13-15(7-10-19(20)29-2)21(25)24(17-8-9-17)14-16-5-3-4-6-18(16)22/h3-7,10,13,17,23H,8-9,11-12,14H2,1-2H3. The van der Waals surface area contributed by atoms with Gasteiger partial charge < -0.3 is 14.4 Å². The second-order valence-electron chi connectivity index (χ2n) is 7.01. The van der Waals surface area contributed by atoms with Crippen LogP contribution in [0.1, 0.15) is 28.8 Å². The topological polar surface area (TPSA) is 84.9 Å². The summed E-state index contributed by atoms with van der Waals surface area (Å²) in [4.78, 5) is 14.7. The van der Waals surface area contributed by atoms with Crippen molar-refractivity contribution in [2.75, 3.05) is 27.4 Å². The molecule has 0 aliphatic heterocycles. The zero-order valence-corrected chi connectivity index (χ0v) is 17.7. The molecule has 0 spiro atoms. The summed E-state index contributed by atoms with van der Waals surface area (Å²) in [6, 6.07) is 10.6. The van der Waals surface area contributed by atoms with Gasteiger partial charge in [-0.05, 0) is 37.1 Å². The van der Waals surface area contributed by atoms with E-state index in [4.69, 9.17) is 9.47 Å². The molecule has 0 bridgehead atoms. The summed E-state index contributed by atoms with van der Waals surface area (Å²) >= 11 is 0. The van der Waals surface area contributed by atoms with E-state index in [9.17, 15) is 17.6 Å². The van der Waals surface area contributed by atoms with Crippen molar-refractivity contribution in [2.24, 2.45) is 0 Å². The van der Waals surface area contributed by atoms with Gasteiger partial charge in [-0.15, -0.1) is 0 Å². The molecule has 0 unspecified atom stereocenters. The number of amides is 1. The average Bonchev–Trinajstić information content (AvgIpc) is 3.57. The molecule has 1 saturated carbocycles. The third-order valence-electron chi connectivity index (χ3n) is 4.85. The number of rotatable bonds is 10. The Morgan fingerprint density at radius 1 is 1.20 bits per heavy atom. The Bertz CT molecular complexity index is 1010. The van der Waals surface area contributed by atoms with Crippen molar-refractivity contribution in [1.29, 1.82) is 0 Å². The van der Waals surface area contributed by atoms with Crippen LogP contribution in [-0.2, 0) is 21.3 Å². The van der Waals surface area contributed by atoms with Crippen molar-refractivity contribution >= 4 is 15.9 Å². The lowest BCUT2D eigenvalue weighted by molar-refractivity contribution is 0.0728. The predicted octanol–water partition coefficient (Wildman–Crippen LogP) is 2.56. The highest BCUT2D eigenvalue weighted by molar-refractivity contribution is 7.89. The fourth-order valence-electron chi connectivity index (χ4n) is 3.10. The van der Waals surface area contributed by atoms with Crippen LogP contribution in [0, 0.1) is 5.82 Å². The van der Waals surface area contributed by atoms with Crippen molar-refractivity contribution in [2.45, 2.75) is 30.3 Å². The number of ether oxygens (including phenoxy) is 2. The number of carbonyl (C=O) groups excluding carboxylic acids is 1. The Hall–Kier alpha value is -2.49. The maximum atomic E-state index is 14.1. The molecule has 2 aromatic rings. The highest BCUT2D eigenvalue weighted by Gasteiger charge is 2.34. The minimum absolute atomic E-state index is 0.0130. The van der Waals surface area contributed by atoms with E-state index < -0.39 is 10.0 Å². The van der Waals surface area contributed by atoms with Crippen molar-refractivity contribution in [1.82, 2.24) is 9.62 Å². The summed E-state index contributed by atoms with van der Waals surface area (Å²) in [5, 5.41) is 0. The Morgan fingerprint density at radius 2 is 1.93 bits per heavy atom. The molecule has 0 atom stereocenters. The molecule has 0 aromatic heterocycles. The molecule has 7 nitrogen and oxygen atoms in total. The van der Waals surface area contributed by atoms with E-state index in [1.54, 1.807) is 23.1 Å². The third kappa shape index (κ3) is 5.16. The van der Waals surface area contributed by atoms with Crippen LogP contribution in [0.3, 0.4) is 0 Å². The summed E-state index contributed by atoms with van der Waals surface area (Å²) in [7, 11) is -1.08. The average molecular weight is 437 g/mol. The first kappa shape index (κ1) is 22.2. The lowest BCUT2D eigenvalue weighted by Crippen LogP contribution is -2.33. The summed E-state index contributed by atoms with van der Waals surface area (Å²) in [6.45, 7) is 0.413. The van der Waals surface area contributed by atoms with E-state index in [1.165, 1.54) is 38.5 Å². The second kappa shape index (κ2) is 9.55. The molecule has 1 amide bonds. The van der Waals surface area contributed by atoms with Crippen LogP contribution in [0.2, 0.25) is 0 Å². The molecule has 162 valence electrons. The Labute approximate surface area is 175 Å². The third-order valence-corrected chi connectivity index (χ3v) is 6.33. The summed E-state index contributed by atoms with van der Waals surface area (Å²) in [5.41, 5.74) is 0.617. The van der Waals surface area contributed by atoms with Gasteiger partial charge in [-0.25, -0.2) is 17.5 Å². The second-order valence-corrected chi connectivity index (χ2v) is 8.75. The SMILES string of the molecule is COCCNS(=O)(=O)c1cc(C(=O)N(Cc2ccccc2F)C2CC2)ccc1OC. The number of methoxy groups -OCH3 is 2. The maximum absolute atomic E-state index is 14.1. The molecule has 0 heterocycles. The number of nitrogens with zero attached hydrogens (tertiary/aromatic N) is 1. The van der Waals surface area contributed by atoms with Crippen LogP contribution >= 0.6 is 0 Å². The van der Waals surface area contributed by atoms with Crippen molar-refractivity contribution < 1.29 is 27.1 Å².